The van der Waals surface area contributed by atoms with Crippen LogP contribution >= 0.6 is 11.3 Å². The zero-order chi connectivity index (χ0) is 17.5. The van der Waals surface area contributed by atoms with Gasteiger partial charge in [0.25, 0.3) is 5.91 Å². The molecule has 1 amide bonds. The summed E-state index contributed by atoms with van der Waals surface area (Å²) in [6, 6.07) is 10.4. The summed E-state index contributed by atoms with van der Waals surface area (Å²) in [5.41, 5.74) is 2.17. The average Bonchev–Trinajstić information content (AvgIpc) is 3.00. The smallest absolute Gasteiger partial charge is 0.263 e. The third-order valence-corrected chi connectivity index (χ3v) is 5.77. The van der Waals surface area contributed by atoms with Crippen LogP contribution in [0.3, 0.4) is 0 Å². The normalized spacial score (nSPS) is 15.2. The summed E-state index contributed by atoms with van der Waals surface area (Å²) in [5, 5.41) is 4.11. The molecule has 0 radical (unpaired) electrons. The fourth-order valence-corrected chi connectivity index (χ4v) is 4.28. The van der Waals surface area contributed by atoms with Gasteiger partial charge in [0.15, 0.2) is 0 Å². The van der Waals surface area contributed by atoms with E-state index >= 15 is 0 Å². The highest BCUT2D eigenvalue weighted by atomic mass is 32.1. The number of rotatable bonds is 7. The topological polar surface area (TPSA) is 45.2 Å². The van der Waals surface area contributed by atoms with Crippen LogP contribution in [-0.2, 0) is 13.0 Å². The maximum atomic E-state index is 12.4. The molecule has 1 aromatic heterocycles. The zero-order valence-corrected chi connectivity index (χ0v) is 15.8. The molecule has 0 saturated carbocycles. The van der Waals surface area contributed by atoms with Crippen molar-refractivity contribution in [3.63, 3.8) is 0 Å². The zero-order valence-electron chi connectivity index (χ0n) is 15.0. The van der Waals surface area contributed by atoms with Crippen molar-refractivity contribution < 1.29 is 4.79 Å². The van der Waals surface area contributed by atoms with Gasteiger partial charge in [0.05, 0.1) is 12.2 Å². The third kappa shape index (κ3) is 5.38. The van der Waals surface area contributed by atoms with Gasteiger partial charge in [0.2, 0.25) is 0 Å². The van der Waals surface area contributed by atoms with Crippen LogP contribution in [0.1, 0.15) is 51.6 Å². The van der Waals surface area contributed by atoms with Gasteiger partial charge in [-0.15, -0.1) is 11.3 Å². The monoisotopic (exact) mass is 357 g/mol. The number of amides is 1. The number of carbonyl (C=O) groups excluding carboxylic acids is 1. The molecule has 1 aliphatic rings. The van der Waals surface area contributed by atoms with E-state index in [0.717, 1.165) is 48.1 Å². The van der Waals surface area contributed by atoms with Gasteiger partial charge in [-0.1, -0.05) is 36.8 Å². The Morgan fingerprint density at radius 2 is 1.96 bits per heavy atom. The first kappa shape index (κ1) is 18.1. The highest BCUT2D eigenvalue weighted by Crippen LogP contribution is 2.21. The maximum Gasteiger partial charge on any atom is 0.263 e. The minimum absolute atomic E-state index is 0.0213. The van der Waals surface area contributed by atoms with Crippen molar-refractivity contribution in [1.82, 2.24) is 15.2 Å². The Hall–Kier alpha value is -1.72. The Balaban J connectivity index is 1.46. The lowest BCUT2D eigenvalue weighted by molar-refractivity contribution is 0.0956. The van der Waals surface area contributed by atoms with E-state index in [2.05, 4.69) is 39.5 Å². The highest BCUT2D eigenvalue weighted by molar-refractivity contribution is 7.13. The number of likely N-dealkylation sites (tertiary alicyclic amines) is 1. The summed E-state index contributed by atoms with van der Waals surface area (Å²) >= 11 is 1.55. The summed E-state index contributed by atoms with van der Waals surface area (Å²) in [4.78, 5) is 20.3. The van der Waals surface area contributed by atoms with Crippen molar-refractivity contribution in [2.24, 2.45) is 0 Å². The summed E-state index contributed by atoms with van der Waals surface area (Å²) in [7, 11) is 0. The minimum atomic E-state index is 0.0213. The van der Waals surface area contributed by atoms with Gasteiger partial charge in [-0.05, 0) is 51.3 Å². The largest absolute Gasteiger partial charge is 0.351 e. The third-order valence-electron chi connectivity index (χ3n) is 4.63. The number of hydrogen-bond acceptors (Lipinski definition) is 4. The Bertz CT molecular complexity index is 678. The number of aromatic nitrogens is 1. The molecule has 2 heterocycles. The molecule has 134 valence electrons. The van der Waals surface area contributed by atoms with E-state index in [0.29, 0.717) is 6.54 Å². The van der Waals surface area contributed by atoms with E-state index in [1.165, 1.54) is 24.8 Å². The van der Waals surface area contributed by atoms with Crippen molar-refractivity contribution in [2.45, 2.75) is 45.6 Å². The van der Waals surface area contributed by atoms with Crippen LogP contribution in [-0.4, -0.2) is 35.4 Å². The van der Waals surface area contributed by atoms with Gasteiger partial charge in [-0.3, -0.25) is 9.69 Å². The van der Waals surface area contributed by atoms with Crippen LogP contribution in [0, 0.1) is 6.92 Å². The molecule has 0 spiro atoms. The number of nitrogens with one attached hydrogen (secondary N) is 1. The molecule has 5 heteroatoms. The molecule has 2 aromatic rings. The van der Waals surface area contributed by atoms with Crippen LogP contribution in [0.4, 0.5) is 0 Å². The van der Waals surface area contributed by atoms with Gasteiger partial charge in [-0.25, -0.2) is 4.98 Å². The van der Waals surface area contributed by atoms with E-state index < -0.39 is 0 Å². The number of benzene rings is 1. The summed E-state index contributed by atoms with van der Waals surface area (Å²) < 4.78 is 0. The Morgan fingerprint density at radius 3 is 2.72 bits per heavy atom. The summed E-state index contributed by atoms with van der Waals surface area (Å²) in [6.45, 7) is 5.83. The summed E-state index contributed by atoms with van der Waals surface area (Å²) in [6.07, 6.45) is 5.83. The molecule has 0 aliphatic carbocycles. The predicted molar refractivity (Wildman–Crippen MR) is 103 cm³/mol. The number of hydrogen-bond donors (Lipinski definition) is 1. The molecule has 1 fully saturated rings. The number of piperidine rings is 1. The molecule has 25 heavy (non-hydrogen) atoms. The quantitative estimate of drug-likeness (QED) is 0.767. The van der Waals surface area contributed by atoms with Crippen LogP contribution in [0.5, 0.6) is 0 Å². The molecule has 3 rings (SSSR count). The lowest BCUT2D eigenvalue weighted by atomic mass is 10.1. The number of aryl methyl sites for hydroxylation is 2. The second kappa shape index (κ2) is 9.11. The molecular formula is C20H27N3OS. The Labute approximate surface area is 154 Å². The molecule has 1 N–H and O–H groups in total. The van der Waals surface area contributed by atoms with Crippen LogP contribution in [0.25, 0.3) is 0 Å². The second-order valence-electron chi connectivity index (χ2n) is 6.70. The molecule has 0 unspecified atom stereocenters. The van der Waals surface area contributed by atoms with Crippen molar-refractivity contribution in [3.8, 4) is 0 Å². The van der Waals surface area contributed by atoms with Crippen LogP contribution in [0.15, 0.2) is 30.3 Å². The molecule has 4 nitrogen and oxygen atoms in total. The van der Waals surface area contributed by atoms with Gasteiger partial charge in [-0.2, -0.15) is 0 Å². The maximum absolute atomic E-state index is 12.4. The molecule has 1 saturated heterocycles. The minimum Gasteiger partial charge on any atom is -0.351 e. The molecule has 0 atom stereocenters. The van der Waals surface area contributed by atoms with Gasteiger partial charge in [0.1, 0.15) is 9.88 Å². The average molecular weight is 358 g/mol. The van der Waals surface area contributed by atoms with E-state index in [1.807, 2.05) is 13.0 Å². The molecular weight excluding hydrogens is 330 g/mol. The SMILES string of the molecule is Cc1nc(CN2CCCCC2)sc1C(=O)NCCCc1ccccc1. The first-order valence-electron chi connectivity index (χ1n) is 9.23. The molecule has 0 bridgehead atoms. The van der Waals surface area contributed by atoms with Crippen molar-refractivity contribution in [1.29, 1.82) is 0 Å². The van der Waals surface area contributed by atoms with Gasteiger partial charge in [0, 0.05) is 6.54 Å². The first-order chi connectivity index (χ1) is 12.2. The lowest BCUT2D eigenvalue weighted by Crippen LogP contribution is -2.29. The highest BCUT2D eigenvalue weighted by Gasteiger charge is 2.17. The van der Waals surface area contributed by atoms with Crippen molar-refractivity contribution >= 4 is 17.2 Å². The lowest BCUT2D eigenvalue weighted by Gasteiger charge is -2.25. The molecule has 1 aromatic carbocycles. The van der Waals surface area contributed by atoms with Crippen LogP contribution < -0.4 is 5.32 Å². The number of thiazole rings is 1. The predicted octanol–water partition coefficient (Wildman–Crippen LogP) is 3.80. The Morgan fingerprint density at radius 1 is 1.20 bits per heavy atom. The van der Waals surface area contributed by atoms with E-state index in [1.54, 1.807) is 11.3 Å². The standard InChI is InChI=1S/C20H27N3OS/c1-16-19(25-18(22-16)15-23-13-6-3-7-14-23)20(24)21-12-8-11-17-9-4-2-5-10-17/h2,4-5,9-10H,3,6-8,11-15H2,1H3,(H,21,24). The van der Waals surface area contributed by atoms with Crippen molar-refractivity contribution in [3.05, 3.63) is 51.5 Å². The molecule has 1 aliphatic heterocycles. The fourth-order valence-electron chi connectivity index (χ4n) is 3.26. The summed E-state index contributed by atoms with van der Waals surface area (Å²) in [5.74, 6) is 0.0213. The first-order valence-corrected chi connectivity index (χ1v) is 10.0. The van der Waals surface area contributed by atoms with Crippen LogP contribution in [0.2, 0.25) is 0 Å². The number of carbonyl (C=O) groups is 1. The van der Waals surface area contributed by atoms with E-state index in [-0.39, 0.29) is 5.91 Å². The second-order valence-corrected chi connectivity index (χ2v) is 7.79. The van der Waals surface area contributed by atoms with Gasteiger partial charge >= 0.3 is 0 Å². The van der Waals surface area contributed by atoms with Crippen molar-refractivity contribution in [2.75, 3.05) is 19.6 Å². The van der Waals surface area contributed by atoms with E-state index in [9.17, 15) is 4.79 Å². The fraction of sp³-hybridized carbons (Fsp3) is 0.500. The van der Waals surface area contributed by atoms with Gasteiger partial charge < -0.3 is 5.32 Å². The van der Waals surface area contributed by atoms with E-state index in [4.69, 9.17) is 0 Å². The Kier molecular flexibility index (Phi) is 6.59. The number of nitrogens with zero attached hydrogens (tertiary/aromatic N) is 2.